The highest BCUT2D eigenvalue weighted by atomic mass is 32.1. The SMILES string of the molecule is Cc1csc(N2C[C@H](COc3nccs3)OC2=O)c1. The van der Waals surface area contributed by atoms with E-state index < -0.39 is 0 Å². The summed E-state index contributed by atoms with van der Waals surface area (Å²) in [5, 5.41) is 5.37. The molecule has 1 aliphatic heterocycles. The summed E-state index contributed by atoms with van der Waals surface area (Å²) in [4.78, 5) is 17.5. The van der Waals surface area contributed by atoms with Gasteiger partial charge in [0.2, 0.25) is 0 Å². The van der Waals surface area contributed by atoms with Crippen molar-refractivity contribution >= 4 is 33.8 Å². The molecule has 1 amide bonds. The Kier molecular flexibility index (Phi) is 3.39. The molecule has 0 aliphatic carbocycles. The number of thiazole rings is 1. The molecule has 0 unspecified atom stereocenters. The lowest BCUT2D eigenvalue weighted by Crippen LogP contribution is -2.25. The minimum absolute atomic E-state index is 0.251. The van der Waals surface area contributed by atoms with Crippen LogP contribution in [0.1, 0.15) is 5.56 Å². The number of aryl methyl sites for hydroxylation is 1. The van der Waals surface area contributed by atoms with Gasteiger partial charge in [-0.25, -0.2) is 9.78 Å². The fraction of sp³-hybridized carbons (Fsp3) is 0.333. The highest BCUT2D eigenvalue weighted by molar-refractivity contribution is 7.14. The lowest BCUT2D eigenvalue weighted by Gasteiger charge is -2.09. The van der Waals surface area contributed by atoms with Gasteiger partial charge in [-0.3, -0.25) is 4.90 Å². The summed E-state index contributed by atoms with van der Waals surface area (Å²) in [7, 11) is 0. The number of rotatable bonds is 4. The van der Waals surface area contributed by atoms with Gasteiger partial charge < -0.3 is 9.47 Å². The quantitative estimate of drug-likeness (QED) is 0.870. The van der Waals surface area contributed by atoms with Crippen molar-refractivity contribution in [2.45, 2.75) is 13.0 Å². The molecule has 5 nitrogen and oxygen atoms in total. The number of nitrogens with zero attached hydrogens (tertiary/aromatic N) is 2. The molecule has 2 aromatic heterocycles. The molecule has 0 N–H and O–H groups in total. The van der Waals surface area contributed by atoms with E-state index in [0.29, 0.717) is 18.3 Å². The smallest absolute Gasteiger partial charge is 0.415 e. The van der Waals surface area contributed by atoms with E-state index in [2.05, 4.69) is 4.98 Å². The second-order valence-corrected chi connectivity index (χ2v) is 5.93. The fourth-order valence-electron chi connectivity index (χ4n) is 1.79. The number of thiophene rings is 1. The summed E-state index contributed by atoms with van der Waals surface area (Å²) in [6.07, 6.45) is 1.12. The van der Waals surface area contributed by atoms with Gasteiger partial charge in [0.15, 0.2) is 6.10 Å². The number of hydrogen-bond donors (Lipinski definition) is 0. The number of ether oxygens (including phenoxy) is 2. The number of hydrogen-bond acceptors (Lipinski definition) is 6. The largest absolute Gasteiger partial charge is 0.466 e. The molecule has 0 aromatic carbocycles. The first-order valence-electron chi connectivity index (χ1n) is 5.78. The topological polar surface area (TPSA) is 51.7 Å². The molecule has 2 aromatic rings. The number of cyclic esters (lactones) is 1. The first-order chi connectivity index (χ1) is 9.22. The van der Waals surface area contributed by atoms with Crippen LogP contribution in [0.3, 0.4) is 0 Å². The van der Waals surface area contributed by atoms with Gasteiger partial charge in [-0.15, -0.1) is 11.3 Å². The van der Waals surface area contributed by atoms with Gasteiger partial charge in [-0.05, 0) is 23.9 Å². The maximum atomic E-state index is 11.8. The van der Waals surface area contributed by atoms with Crippen molar-refractivity contribution in [1.29, 1.82) is 0 Å². The number of aromatic nitrogens is 1. The predicted octanol–water partition coefficient (Wildman–Crippen LogP) is 2.92. The predicted molar refractivity (Wildman–Crippen MR) is 74.3 cm³/mol. The molecule has 7 heteroatoms. The van der Waals surface area contributed by atoms with Crippen molar-refractivity contribution in [1.82, 2.24) is 4.98 Å². The Bertz CT molecular complexity index is 567. The maximum Gasteiger partial charge on any atom is 0.415 e. The summed E-state index contributed by atoms with van der Waals surface area (Å²) < 4.78 is 10.8. The second-order valence-electron chi connectivity index (χ2n) is 4.19. The van der Waals surface area contributed by atoms with E-state index in [4.69, 9.17) is 9.47 Å². The zero-order valence-electron chi connectivity index (χ0n) is 10.2. The van der Waals surface area contributed by atoms with Gasteiger partial charge in [-0.2, -0.15) is 0 Å². The van der Waals surface area contributed by atoms with Crippen LogP contribution in [0.5, 0.6) is 5.19 Å². The third kappa shape index (κ3) is 2.71. The number of carbonyl (C=O) groups excluding carboxylic acids is 1. The van der Waals surface area contributed by atoms with Crippen LogP contribution in [0, 0.1) is 6.92 Å². The Balaban J connectivity index is 1.60. The minimum Gasteiger partial charge on any atom is -0.466 e. The number of amides is 1. The van der Waals surface area contributed by atoms with Crippen molar-refractivity contribution in [3.63, 3.8) is 0 Å². The standard InChI is InChI=1S/C12H12N2O3S2/c1-8-4-10(19-7-8)14-5-9(17-12(14)15)6-16-11-13-2-3-18-11/h2-4,7,9H,5-6H2,1H3/t9-/m1/s1. The molecule has 1 fully saturated rings. The van der Waals surface area contributed by atoms with Gasteiger partial charge in [0.25, 0.3) is 5.19 Å². The summed E-state index contributed by atoms with van der Waals surface area (Å²) in [5.41, 5.74) is 1.15. The van der Waals surface area contributed by atoms with Gasteiger partial charge in [0.05, 0.1) is 6.54 Å². The molecule has 100 valence electrons. The first kappa shape index (κ1) is 12.4. The van der Waals surface area contributed by atoms with Crippen molar-refractivity contribution in [2.75, 3.05) is 18.1 Å². The van der Waals surface area contributed by atoms with Gasteiger partial charge in [-0.1, -0.05) is 11.3 Å². The van der Waals surface area contributed by atoms with Gasteiger partial charge >= 0.3 is 6.09 Å². The van der Waals surface area contributed by atoms with Crippen LogP contribution in [-0.4, -0.2) is 30.3 Å². The zero-order valence-corrected chi connectivity index (χ0v) is 11.9. The molecule has 3 rings (SSSR count). The normalized spacial score (nSPS) is 18.7. The molecule has 0 bridgehead atoms. The molecule has 1 saturated heterocycles. The van der Waals surface area contributed by atoms with Crippen LogP contribution in [0.15, 0.2) is 23.0 Å². The molecule has 1 atom stereocenters. The lowest BCUT2D eigenvalue weighted by molar-refractivity contribution is 0.105. The maximum absolute atomic E-state index is 11.8. The highest BCUT2D eigenvalue weighted by Gasteiger charge is 2.33. The van der Waals surface area contributed by atoms with E-state index >= 15 is 0 Å². The Morgan fingerprint density at radius 1 is 1.58 bits per heavy atom. The van der Waals surface area contributed by atoms with E-state index in [1.54, 1.807) is 22.4 Å². The van der Waals surface area contributed by atoms with E-state index in [-0.39, 0.29) is 12.2 Å². The minimum atomic E-state index is -0.311. The van der Waals surface area contributed by atoms with Crippen LogP contribution in [-0.2, 0) is 4.74 Å². The third-order valence-electron chi connectivity index (χ3n) is 2.66. The third-order valence-corrected chi connectivity index (χ3v) is 4.41. The second kappa shape index (κ2) is 5.18. The molecular formula is C12H12N2O3S2. The van der Waals surface area contributed by atoms with Crippen LogP contribution < -0.4 is 9.64 Å². The Morgan fingerprint density at radius 3 is 3.16 bits per heavy atom. The van der Waals surface area contributed by atoms with E-state index in [9.17, 15) is 4.79 Å². The first-order valence-corrected chi connectivity index (χ1v) is 7.54. The van der Waals surface area contributed by atoms with Crippen molar-refractivity contribution in [3.05, 3.63) is 28.6 Å². The van der Waals surface area contributed by atoms with E-state index in [1.807, 2.05) is 23.8 Å². The molecule has 3 heterocycles. The van der Waals surface area contributed by atoms with Crippen LogP contribution in [0.25, 0.3) is 0 Å². The van der Waals surface area contributed by atoms with Crippen LogP contribution >= 0.6 is 22.7 Å². The Hall–Kier alpha value is -1.60. The monoisotopic (exact) mass is 296 g/mol. The molecule has 0 spiro atoms. The van der Waals surface area contributed by atoms with Crippen molar-refractivity contribution < 1.29 is 14.3 Å². The number of anilines is 1. The van der Waals surface area contributed by atoms with Crippen molar-refractivity contribution in [2.24, 2.45) is 0 Å². The molecular weight excluding hydrogens is 284 g/mol. The average molecular weight is 296 g/mol. The van der Waals surface area contributed by atoms with E-state index in [1.165, 1.54) is 11.3 Å². The Morgan fingerprint density at radius 2 is 2.47 bits per heavy atom. The summed E-state index contributed by atoms with van der Waals surface area (Å²) in [5.74, 6) is 0. The lowest BCUT2D eigenvalue weighted by atomic mass is 10.3. The van der Waals surface area contributed by atoms with Crippen molar-refractivity contribution in [3.8, 4) is 5.19 Å². The zero-order chi connectivity index (χ0) is 13.2. The molecule has 0 saturated carbocycles. The Labute approximate surface area is 118 Å². The van der Waals surface area contributed by atoms with E-state index in [0.717, 1.165) is 10.6 Å². The molecule has 0 radical (unpaired) electrons. The average Bonchev–Trinajstić information content (AvgIpc) is 3.07. The van der Waals surface area contributed by atoms with Crippen LogP contribution in [0.4, 0.5) is 9.80 Å². The summed E-state index contributed by atoms with van der Waals surface area (Å²) in [6, 6.07) is 1.98. The van der Waals surface area contributed by atoms with Gasteiger partial charge in [0.1, 0.15) is 11.6 Å². The highest BCUT2D eigenvalue weighted by Crippen LogP contribution is 2.28. The summed E-state index contributed by atoms with van der Waals surface area (Å²) in [6.45, 7) is 2.86. The fourth-order valence-corrected chi connectivity index (χ4v) is 3.19. The molecule has 1 aliphatic rings. The summed E-state index contributed by atoms with van der Waals surface area (Å²) >= 11 is 2.96. The number of carbonyl (C=O) groups is 1. The molecule has 19 heavy (non-hydrogen) atoms. The van der Waals surface area contributed by atoms with Crippen LogP contribution in [0.2, 0.25) is 0 Å². The van der Waals surface area contributed by atoms with Gasteiger partial charge in [0, 0.05) is 11.6 Å².